The SMILES string of the molecule is C=C=C(C)C(C)(C)Cc1ccc(-c2c[c-]cc(Cl)c2NC)cc1.[Cs+]. The Hall–Kier alpha value is 0.102. The van der Waals surface area contributed by atoms with E-state index in [2.05, 4.69) is 68.7 Å². The molecule has 0 fully saturated rings. The Kier molecular flexibility index (Phi) is 8.95. The van der Waals surface area contributed by atoms with Crippen LogP contribution < -0.4 is 74.2 Å². The predicted octanol–water partition coefficient (Wildman–Crippen LogP) is 3.15. The van der Waals surface area contributed by atoms with E-state index in [-0.39, 0.29) is 74.3 Å². The number of benzene rings is 2. The van der Waals surface area contributed by atoms with Crippen LogP contribution >= 0.6 is 11.6 Å². The number of halogens is 1. The molecule has 1 N–H and O–H groups in total. The van der Waals surface area contributed by atoms with Gasteiger partial charge < -0.3 is 5.32 Å². The Labute approximate surface area is 210 Å². The van der Waals surface area contributed by atoms with Crippen molar-refractivity contribution >= 4 is 17.3 Å². The zero-order chi connectivity index (χ0) is 17.0. The fourth-order valence-corrected chi connectivity index (χ4v) is 2.90. The first-order valence-electron chi connectivity index (χ1n) is 7.73. The molecule has 0 atom stereocenters. The number of allylic oxidation sites excluding steroid dienone is 1. The minimum atomic E-state index is 0. The molecule has 0 heterocycles. The van der Waals surface area contributed by atoms with Crippen molar-refractivity contribution < 1.29 is 68.9 Å². The second-order valence-corrected chi connectivity index (χ2v) is 6.81. The Morgan fingerprint density at radius 3 is 2.42 bits per heavy atom. The third kappa shape index (κ3) is 5.30. The molecule has 0 aromatic heterocycles. The first-order valence-corrected chi connectivity index (χ1v) is 8.10. The van der Waals surface area contributed by atoms with Gasteiger partial charge in [0.1, 0.15) is 0 Å². The van der Waals surface area contributed by atoms with E-state index < -0.39 is 0 Å². The molecule has 24 heavy (non-hydrogen) atoms. The molecule has 120 valence electrons. The van der Waals surface area contributed by atoms with Gasteiger partial charge in [0.05, 0.1) is 0 Å². The van der Waals surface area contributed by atoms with Gasteiger partial charge in [-0.25, -0.2) is 0 Å². The number of hydrogen-bond donors (Lipinski definition) is 1. The summed E-state index contributed by atoms with van der Waals surface area (Å²) in [6.45, 7) is 10.3. The van der Waals surface area contributed by atoms with E-state index in [1.54, 1.807) is 6.07 Å². The summed E-state index contributed by atoms with van der Waals surface area (Å²) in [6, 6.07) is 15.4. The first-order chi connectivity index (χ1) is 10.9. The fraction of sp³-hybridized carbons (Fsp3) is 0.286. The van der Waals surface area contributed by atoms with E-state index in [1.807, 2.05) is 13.1 Å². The first kappa shape index (κ1) is 22.1. The van der Waals surface area contributed by atoms with Gasteiger partial charge in [0, 0.05) is 7.05 Å². The average Bonchev–Trinajstić information content (AvgIpc) is 2.54. The van der Waals surface area contributed by atoms with Crippen LogP contribution in [0, 0.1) is 11.5 Å². The Morgan fingerprint density at radius 1 is 1.25 bits per heavy atom. The zero-order valence-electron chi connectivity index (χ0n) is 15.3. The van der Waals surface area contributed by atoms with Crippen LogP contribution in [-0.2, 0) is 6.42 Å². The second-order valence-electron chi connectivity index (χ2n) is 6.40. The van der Waals surface area contributed by atoms with Crippen LogP contribution in [0.2, 0.25) is 5.02 Å². The van der Waals surface area contributed by atoms with Crippen molar-refractivity contribution in [3.8, 4) is 11.1 Å². The van der Waals surface area contributed by atoms with Gasteiger partial charge in [0.15, 0.2) is 0 Å². The molecule has 0 saturated carbocycles. The summed E-state index contributed by atoms with van der Waals surface area (Å²) in [4.78, 5) is 0. The van der Waals surface area contributed by atoms with Gasteiger partial charge in [-0.2, -0.15) is 29.8 Å². The van der Waals surface area contributed by atoms with Crippen molar-refractivity contribution in [3.63, 3.8) is 0 Å². The number of hydrogen-bond acceptors (Lipinski definition) is 1. The van der Waals surface area contributed by atoms with Crippen LogP contribution in [0.15, 0.2) is 54.3 Å². The maximum absolute atomic E-state index is 6.24. The van der Waals surface area contributed by atoms with Crippen LogP contribution in [0.25, 0.3) is 11.1 Å². The van der Waals surface area contributed by atoms with E-state index in [1.165, 1.54) is 11.1 Å². The Balaban J connectivity index is 0.00000288. The van der Waals surface area contributed by atoms with Gasteiger partial charge in [0.25, 0.3) is 0 Å². The van der Waals surface area contributed by atoms with Crippen LogP contribution in [0.3, 0.4) is 0 Å². The molecular formula is C21H23ClCsN. The topological polar surface area (TPSA) is 12.0 Å². The maximum atomic E-state index is 6.24. The fourth-order valence-electron chi connectivity index (χ4n) is 2.64. The van der Waals surface area contributed by atoms with Crippen molar-refractivity contribution in [2.45, 2.75) is 27.2 Å². The summed E-state index contributed by atoms with van der Waals surface area (Å²) in [5.74, 6) is 0. The van der Waals surface area contributed by atoms with Crippen molar-refractivity contribution in [1.82, 2.24) is 0 Å². The predicted molar refractivity (Wildman–Crippen MR) is 101 cm³/mol. The average molecular weight is 458 g/mol. The van der Waals surface area contributed by atoms with Gasteiger partial charge in [-0.15, -0.1) is 11.3 Å². The molecule has 0 saturated heterocycles. The second kappa shape index (κ2) is 9.70. The normalized spacial score (nSPS) is 10.5. The van der Waals surface area contributed by atoms with Gasteiger partial charge in [-0.1, -0.05) is 55.9 Å². The van der Waals surface area contributed by atoms with E-state index >= 15 is 0 Å². The number of nitrogens with one attached hydrogen (secondary N) is 1. The third-order valence-corrected chi connectivity index (χ3v) is 4.69. The quantitative estimate of drug-likeness (QED) is 0.537. The Morgan fingerprint density at radius 2 is 1.88 bits per heavy atom. The molecule has 0 spiro atoms. The van der Waals surface area contributed by atoms with Crippen LogP contribution in [0.4, 0.5) is 5.69 Å². The van der Waals surface area contributed by atoms with Crippen LogP contribution in [0.5, 0.6) is 0 Å². The molecule has 3 heteroatoms. The summed E-state index contributed by atoms with van der Waals surface area (Å²) in [6.07, 6.45) is 0.961. The van der Waals surface area contributed by atoms with E-state index in [0.29, 0.717) is 5.02 Å². The number of rotatable bonds is 5. The van der Waals surface area contributed by atoms with E-state index in [4.69, 9.17) is 11.6 Å². The van der Waals surface area contributed by atoms with Crippen molar-refractivity contribution in [2.75, 3.05) is 12.4 Å². The molecule has 1 nitrogen and oxygen atoms in total. The molecule has 0 radical (unpaired) electrons. The minimum Gasteiger partial charge on any atom is -0.407 e. The van der Waals surface area contributed by atoms with Gasteiger partial charge >= 0.3 is 68.9 Å². The van der Waals surface area contributed by atoms with Crippen LogP contribution in [0.1, 0.15) is 26.3 Å². The minimum absolute atomic E-state index is 0. The van der Waals surface area contributed by atoms with Crippen molar-refractivity contribution in [1.29, 1.82) is 0 Å². The van der Waals surface area contributed by atoms with Crippen molar-refractivity contribution in [2.24, 2.45) is 5.41 Å². The molecule has 2 aromatic rings. The van der Waals surface area contributed by atoms with E-state index in [9.17, 15) is 0 Å². The molecule has 0 bridgehead atoms. The molecule has 0 aliphatic carbocycles. The molecule has 2 aromatic carbocycles. The molecule has 0 unspecified atom stereocenters. The van der Waals surface area contributed by atoms with Gasteiger partial charge in [-0.3, -0.25) is 0 Å². The molecular weight excluding hydrogens is 435 g/mol. The summed E-state index contributed by atoms with van der Waals surface area (Å²) in [5.41, 5.74) is 8.69. The van der Waals surface area contributed by atoms with Crippen molar-refractivity contribution in [3.05, 3.63) is 70.9 Å². The standard InChI is InChI=1S/C21H23ClN.Cs/c1-6-15(2)21(3,4)14-16-10-12-17(13-11-16)18-8-7-9-19(22)20(18)23-5;/h8-13,23H,1,14H2,2-5H3;/q-1;+1. The Bertz CT molecular complexity index is 741. The summed E-state index contributed by atoms with van der Waals surface area (Å²) < 4.78 is 0. The smallest absolute Gasteiger partial charge is 0.407 e. The van der Waals surface area contributed by atoms with Gasteiger partial charge in [-0.05, 0) is 34.9 Å². The summed E-state index contributed by atoms with van der Waals surface area (Å²) >= 11 is 6.24. The summed E-state index contributed by atoms with van der Waals surface area (Å²) in [5, 5.41) is 3.85. The maximum Gasteiger partial charge on any atom is 1.00 e. The molecule has 2 rings (SSSR count). The monoisotopic (exact) mass is 457 g/mol. The van der Waals surface area contributed by atoms with Crippen LogP contribution in [-0.4, -0.2) is 7.05 Å². The zero-order valence-corrected chi connectivity index (χ0v) is 22.3. The largest absolute Gasteiger partial charge is 1.00 e. The number of anilines is 1. The van der Waals surface area contributed by atoms with Gasteiger partial charge in [0.2, 0.25) is 0 Å². The van der Waals surface area contributed by atoms with E-state index in [0.717, 1.165) is 23.2 Å². The molecule has 0 amide bonds. The summed E-state index contributed by atoms with van der Waals surface area (Å²) in [7, 11) is 1.88. The molecule has 0 aliphatic rings. The molecule has 0 aliphatic heterocycles. The third-order valence-electron chi connectivity index (χ3n) is 4.39.